The maximum Gasteiger partial charge on any atom is 0.310 e. The zero-order valence-corrected chi connectivity index (χ0v) is 15.7. The second-order valence-corrected chi connectivity index (χ2v) is 6.39. The van der Waals surface area contributed by atoms with Crippen LogP contribution < -0.4 is 9.47 Å². The molecular weight excluding hydrogens is 350 g/mol. The van der Waals surface area contributed by atoms with E-state index in [2.05, 4.69) is 15.0 Å². The van der Waals surface area contributed by atoms with Crippen LogP contribution >= 0.6 is 0 Å². The number of likely N-dealkylation sites (tertiary alicyclic amines) is 1. The standard InChI is InChI=1S/C19H25N3O5/c1-3-25-19(23)14-5-4-10-22(11-14)12-18-20-17(21-27-18)13-26-16-8-6-15(24-2)7-9-16/h6-9,14H,3-5,10-13H2,1-2H3/t14-/m1/s1. The minimum atomic E-state index is -0.124. The van der Waals surface area contributed by atoms with Gasteiger partial charge in [0.15, 0.2) is 6.61 Å². The van der Waals surface area contributed by atoms with Gasteiger partial charge in [0.1, 0.15) is 11.5 Å². The van der Waals surface area contributed by atoms with Gasteiger partial charge in [0.2, 0.25) is 11.7 Å². The van der Waals surface area contributed by atoms with Gasteiger partial charge in [0.05, 0.1) is 26.2 Å². The first-order chi connectivity index (χ1) is 13.2. The molecule has 1 atom stereocenters. The van der Waals surface area contributed by atoms with Crippen LogP contribution in [0.5, 0.6) is 11.5 Å². The summed E-state index contributed by atoms with van der Waals surface area (Å²) in [4.78, 5) is 18.5. The van der Waals surface area contributed by atoms with Crippen molar-refractivity contribution in [3.63, 3.8) is 0 Å². The molecule has 0 bridgehead atoms. The third-order valence-corrected chi connectivity index (χ3v) is 4.42. The Hall–Kier alpha value is -2.61. The summed E-state index contributed by atoms with van der Waals surface area (Å²) in [5.41, 5.74) is 0. The van der Waals surface area contributed by atoms with Crippen LogP contribution in [-0.4, -0.2) is 47.8 Å². The fourth-order valence-electron chi connectivity index (χ4n) is 3.08. The van der Waals surface area contributed by atoms with Crippen LogP contribution in [0.3, 0.4) is 0 Å². The average Bonchev–Trinajstić information content (AvgIpc) is 3.14. The van der Waals surface area contributed by atoms with E-state index in [-0.39, 0.29) is 18.5 Å². The molecule has 0 saturated carbocycles. The Morgan fingerprint density at radius 3 is 2.81 bits per heavy atom. The Balaban J connectivity index is 1.49. The Labute approximate surface area is 158 Å². The predicted molar refractivity (Wildman–Crippen MR) is 96.3 cm³/mol. The van der Waals surface area contributed by atoms with E-state index in [0.29, 0.717) is 37.2 Å². The fourth-order valence-corrected chi connectivity index (χ4v) is 3.08. The van der Waals surface area contributed by atoms with E-state index >= 15 is 0 Å². The monoisotopic (exact) mass is 375 g/mol. The van der Waals surface area contributed by atoms with Gasteiger partial charge in [-0.3, -0.25) is 9.69 Å². The number of rotatable bonds is 8. The van der Waals surface area contributed by atoms with E-state index in [9.17, 15) is 4.79 Å². The van der Waals surface area contributed by atoms with E-state index in [1.54, 1.807) is 7.11 Å². The van der Waals surface area contributed by atoms with E-state index in [4.69, 9.17) is 18.7 Å². The number of aromatic nitrogens is 2. The Morgan fingerprint density at radius 1 is 1.30 bits per heavy atom. The minimum absolute atomic E-state index is 0.0838. The minimum Gasteiger partial charge on any atom is -0.497 e. The molecular formula is C19H25N3O5. The number of hydrogen-bond acceptors (Lipinski definition) is 8. The maximum absolute atomic E-state index is 11.9. The van der Waals surface area contributed by atoms with Gasteiger partial charge in [-0.05, 0) is 50.6 Å². The van der Waals surface area contributed by atoms with E-state index in [1.807, 2.05) is 31.2 Å². The van der Waals surface area contributed by atoms with Crippen LogP contribution in [0.2, 0.25) is 0 Å². The van der Waals surface area contributed by atoms with Crippen LogP contribution in [-0.2, 0) is 22.7 Å². The van der Waals surface area contributed by atoms with Gasteiger partial charge in [-0.15, -0.1) is 0 Å². The number of benzene rings is 1. The summed E-state index contributed by atoms with van der Waals surface area (Å²) < 4.78 is 21.2. The van der Waals surface area contributed by atoms with Crippen molar-refractivity contribution in [3.05, 3.63) is 36.0 Å². The van der Waals surface area contributed by atoms with Crippen molar-refractivity contribution in [1.82, 2.24) is 15.0 Å². The van der Waals surface area contributed by atoms with Gasteiger partial charge in [0.25, 0.3) is 0 Å². The van der Waals surface area contributed by atoms with Gasteiger partial charge in [0, 0.05) is 6.54 Å². The van der Waals surface area contributed by atoms with E-state index in [0.717, 1.165) is 25.1 Å². The number of carbonyl (C=O) groups is 1. The fraction of sp³-hybridized carbons (Fsp3) is 0.526. The molecule has 1 fully saturated rings. The molecule has 3 rings (SSSR count). The first-order valence-corrected chi connectivity index (χ1v) is 9.15. The summed E-state index contributed by atoms with van der Waals surface area (Å²) in [6, 6.07) is 7.30. The highest BCUT2D eigenvalue weighted by molar-refractivity contribution is 5.72. The zero-order valence-electron chi connectivity index (χ0n) is 15.7. The van der Waals surface area contributed by atoms with Crippen molar-refractivity contribution in [2.75, 3.05) is 26.8 Å². The van der Waals surface area contributed by atoms with Crippen LogP contribution in [0.1, 0.15) is 31.5 Å². The Bertz CT molecular complexity index is 731. The largest absolute Gasteiger partial charge is 0.497 e. The number of esters is 1. The molecule has 0 aliphatic carbocycles. The molecule has 27 heavy (non-hydrogen) atoms. The van der Waals surface area contributed by atoms with Crippen LogP contribution in [0.25, 0.3) is 0 Å². The first-order valence-electron chi connectivity index (χ1n) is 9.15. The number of piperidine rings is 1. The maximum atomic E-state index is 11.9. The number of hydrogen-bond donors (Lipinski definition) is 0. The quantitative estimate of drug-likeness (QED) is 0.650. The summed E-state index contributed by atoms with van der Waals surface area (Å²) in [7, 11) is 1.62. The second-order valence-electron chi connectivity index (χ2n) is 6.39. The highest BCUT2D eigenvalue weighted by atomic mass is 16.5. The molecule has 0 unspecified atom stereocenters. The molecule has 0 spiro atoms. The molecule has 2 heterocycles. The third-order valence-electron chi connectivity index (χ3n) is 4.42. The molecule has 146 valence electrons. The Morgan fingerprint density at radius 2 is 2.07 bits per heavy atom. The molecule has 2 aromatic rings. The summed E-state index contributed by atoms with van der Waals surface area (Å²) in [6.45, 7) is 4.53. The highest BCUT2D eigenvalue weighted by Gasteiger charge is 2.27. The van der Waals surface area contributed by atoms with Gasteiger partial charge >= 0.3 is 5.97 Å². The van der Waals surface area contributed by atoms with Crippen molar-refractivity contribution in [2.24, 2.45) is 5.92 Å². The van der Waals surface area contributed by atoms with Gasteiger partial charge in [-0.25, -0.2) is 0 Å². The second kappa shape index (κ2) is 9.36. The molecule has 0 radical (unpaired) electrons. The molecule has 1 aliphatic rings. The molecule has 8 heteroatoms. The molecule has 1 aromatic carbocycles. The zero-order chi connectivity index (χ0) is 19.1. The molecule has 0 N–H and O–H groups in total. The smallest absolute Gasteiger partial charge is 0.310 e. The summed E-state index contributed by atoms with van der Waals surface area (Å²) in [6.07, 6.45) is 1.81. The van der Waals surface area contributed by atoms with Gasteiger partial charge in [-0.2, -0.15) is 4.98 Å². The van der Waals surface area contributed by atoms with Gasteiger partial charge < -0.3 is 18.7 Å². The van der Waals surface area contributed by atoms with Crippen molar-refractivity contribution in [1.29, 1.82) is 0 Å². The summed E-state index contributed by atoms with van der Waals surface area (Å²) in [5, 5.41) is 3.96. The van der Waals surface area contributed by atoms with Crippen molar-refractivity contribution < 1.29 is 23.5 Å². The topological polar surface area (TPSA) is 86.9 Å². The lowest BCUT2D eigenvalue weighted by Crippen LogP contribution is -2.39. The number of nitrogens with zero attached hydrogens (tertiary/aromatic N) is 3. The van der Waals surface area contributed by atoms with Crippen molar-refractivity contribution in [3.8, 4) is 11.5 Å². The number of carbonyl (C=O) groups excluding carboxylic acids is 1. The first kappa shape index (κ1) is 19.2. The molecule has 0 amide bonds. The SMILES string of the molecule is CCOC(=O)[C@@H]1CCCN(Cc2nc(COc3ccc(OC)cc3)no2)C1. The van der Waals surface area contributed by atoms with Crippen LogP contribution in [0.4, 0.5) is 0 Å². The lowest BCUT2D eigenvalue weighted by Gasteiger charge is -2.30. The molecule has 1 saturated heterocycles. The van der Waals surface area contributed by atoms with Crippen LogP contribution in [0.15, 0.2) is 28.8 Å². The summed E-state index contributed by atoms with van der Waals surface area (Å²) in [5.74, 6) is 2.27. The van der Waals surface area contributed by atoms with Crippen molar-refractivity contribution in [2.45, 2.75) is 32.9 Å². The molecule has 1 aromatic heterocycles. The van der Waals surface area contributed by atoms with Crippen molar-refractivity contribution >= 4 is 5.97 Å². The van der Waals surface area contributed by atoms with E-state index in [1.165, 1.54) is 0 Å². The average molecular weight is 375 g/mol. The third kappa shape index (κ3) is 5.43. The molecule has 8 nitrogen and oxygen atoms in total. The normalized spacial score (nSPS) is 17.5. The lowest BCUT2D eigenvalue weighted by atomic mass is 9.98. The Kier molecular flexibility index (Phi) is 6.64. The van der Waals surface area contributed by atoms with Crippen LogP contribution in [0, 0.1) is 5.92 Å². The predicted octanol–water partition coefficient (Wildman–Crippen LogP) is 2.43. The highest BCUT2D eigenvalue weighted by Crippen LogP contribution is 2.20. The summed E-state index contributed by atoms with van der Waals surface area (Å²) >= 11 is 0. The number of ether oxygens (including phenoxy) is 3. The number of methoxy groups -OCH3 is 1. The van der Waals surface area contributed by atoms with E-state index < -0.39 is 0 Å². The molecule has 1 aliphatic heterocycles. The lowest BCUT2D eigenvalue weighted by molar-refractivity contribution is -0.150. The van der Waals surface area contributed by atoms with Gasteiger partial charge in [-0.1, -0.05) is 5.16 Å².